The molecule has 1 N–H and O–H groups in total. The first-order valence-electron chi connectivity index (χ1n) is 9.41. The van der Waals surface area contributed by atoms with Crippen LogP contribution in [-0.4, -0.2) is 24.9 Å². The molecule has 0 unspecified atom stereocenters. The van der Waals surface area contributed by atoms with E-state index in [-0.39, 0.29) is 22.6 Å². The number of ketones is 1. The van der Waals surface area contributed by atoms with Crippen molar-refractivity contribution in [2.75, 3.05) is 0 Å². The molecular weight excluding hydrogens is 414 g/mol. The van der Waals surface area contributed by atoms with Gasteiger partial charge in [-0.1, -0.05) is 36.4 Å². The van der Waals surface area contributed by atoms with Gasteiger partial charge in [-0.25, -0.2) is 13.9 Å². The fraction of sp³-hybridized carbons (Fsp3) is 0. The molecule has 158 valence electrons. The van der Waals surface area contributed by atoms with Crippen LogP contribution in [0.5, 0.6) is 5.88 Å². The van der Waals surface area contributed by atoms with Gasteiger partial charge in [0.15, 0.2) is 0 Å². The van der Waals surface area contributed by atoms with E-state index in [0.717, 1.165) is 21.3 Å². The van der Waals surface area contributed by atoms with Crippen molar-refractivity contribution >= 4 is 11.5 Å². The van der Waals surface area contributed by atoms with Crippen molar-refractivity contribution in [2.45, 2.75) is 0 Å². The number of carbonyl (C=O) groups is 1. The van der Waals surface area contributed by atoms with E-state index in [9.17, 15) is 29.6 Å². The maximum absolute atomic E-state index is 13.2. The largest absolute Gasteiger partial charge is 0.493 e. The van der Waals surface area contributed by atoms with E-state index in [1.807, 2.05) is 0 Å². The minimum Gasteiger partial charge on any atom is -0.493 e. The molecule has 4 rings (SSSR count). The lowest BCUT2D eigenvalue weighted by Crippen LogP contribution is -2.41. The van der Waals surface area contributed by atoms with E-state index in [4.69, 9.17) is 0 Å². The molecule has 0 atom stereocenters. The predicted molar refractivity (Wildman–Crippen MR) is 116 cm³/mol. The van der Waals surface area contributed by atoms with E-state index in [2.05, 4.69) is 0 Å². The molecule has 32 heavy (non-hydrogen) atoms. The smallest absolute Gasteiger partial charge is 0.343 e. The van der Waals surface area contributed by atoms with Gasteiger partial charge in [0.05, 0.1) is 16.3 Å². The number of nitro groups is 1. The lowest BCUT2D eigenvalue weighted by molar-refractivity contribution is -0.384. The maximum Gasteiger partial charge on any atom is 0.343 e. The number of hydrogen-bond donors (Lipinski definition) is 1. The monoisotopic (exact) mass is 429 g/mol. The van der Waals surface area contributed by atoms with Gasteiger partial charge in [0.1, 0.15) is 5.56 Å². The fourth-order valence-corrected chi connectivity index (χ4v) is 3.29. The lowest BCUT2D eigenvalue weighted by atomic mass is 10.0. The molecule has 1 aromatic heterocycles. The molecular formula is C23H15N3O6. The third-order valence-corrected chi connectivity index (χ3v) is 4.83. The summed E-state index contributed by atoms with van der Waals surface area (Å²) in [6.45, 7) is 0. The van der Waals surface area contributed by atoms with Crippen LogP contribution in [0.2, 0.25) is 0 Å². The van der Waals surface area contributed by atoms with E-state index in [1.54, 1.807) is 48.5 Å². The Morgan fingerprint density at radius 3 is 1.78 bits per heavy atom. The molecule has 0 amide bonds. The van der Waals surface area contributed by atoms with E-state index >= 15 is 0 Å². The van der Waals surface area contributed by atoms with Crippen LogP contribution in [0.15, 0.2) is 94.5 Å². The van der Waals surface area contributed by atoms with Crippen LogP contribution in [-0.2, 0) is 0 Å². The van der Waals surface area contributed by atoms with Gasteiger partial charge in [0.2, 0.25) is 11.7 Å². The maximum atomic E-state index is 13.2. The first-order valence-corrected chi connectivity index (χ1v) is 9.41. The van der Waals surface area contributed by atoms with Crippen molar-refractivity contribution in [3.8, 4) is 17.3 Å². The standard InChI is InChI=1S/C23H15N3O6/c27-20(15-11-13-18(14-12-15)26(31)32)19-21(28)24(16-7-3-1-4-8-16)23(30)25(22(19)29)17-9-5-2-6-10-17/h1-14,28H. The van der Waals surface area contributed by atoms with E-state index in [1.165, 1.54) is 24.3 Å². The molecule has 0 aliphatic rings. The number of aromatic hydroxyl groups is 1. The molecule has 1 heterocycles. The summed E-state index contributed by atoms with van der Waals surface area (Å²) in [6.07, 6.45) is 0. The highest BCUT2D eigenvalue weighted by molar-refractivity contribution is 6.10. The molecule has 0 radical (unpaired) electrons. The summed E-state index contributed by atoms with van der Waals surface area (Å²) in [5.41, 5.74) is -2.32. The summed E-state index contributed by atoms with van der Waals surface area (Å²) in [7, 11) is 0. The van der Waals surface area contributed by atoms with Gasteiger partial charge in [-0.2, -0.15) is 0 Å². The Balaban J connectivity index is 2.02. The van der Waals surface area contributed by atoms with Gasteiger partial charge in [-0.3, -0.25) is 19.7 Å². The molecule has 4 aromatic rings. The number of para-hydroxylation sites is 2. The minimum atomic E-state index is -1.01. The number of benzene rings is 3. The number of nitrogens with zero attached hydrogens (tertiary/aromatic N) is 3. The molecule has 0 aliphatic carbocycles. The van der Waals surface area contributed by atoms with Gasteiger partial charge in [-0.15, -0.1) is 0 Å². The number of aromatic nitrogens is 2. The molecule has 9 heteroatoms. The number of rotatable bonds is 5. The summed E-state index contributed by atoms with van der Waals surface area (Å²) in [4.78, 5) is 49.9. The minimum absolute atomic E-state index is 0.0547. The molecule has 0 aliphatic heterocycles. The number of non-ortho nitro benzene ring substituents is 1. The van der Waals surface area contributed by atoms with Gasteiger partial charge >= 0.3 is 5.69 Å². The second kappa shape index (κ2) is 8.15. The quantitative estimate of drug-likeness (QED) is 0.296. The first kappa shape index (κ1) is 20.5. The zero-order valence-electron chi connectivity index (χ0n) is 16.4. The number of carbonyl (C=O) groups excluding carboxylic acids is 1. The summed E-state index contributed by atoms with van der Waals surface area (Å²) in [5.74, 6) is -1.70. The Hall–Kier alpha value is -4.79. The highest BCUT2D eigenvalue weighted by atomic mass is 16.6. The predicted octanol–water partition coefficient (Wildman–Crippen LogP) is 2.83. The Kier molecular flexibility index (Phi) is 5.22. The van der Waals surface area contributed by atoms with Gasteiger partial charge in [-0.05, 0) is 36.4 Å². The summed E-state index contributed by atoms with van der Waals surface area (Å²) in [6, 6.07) is 20.7. The summed E-state index contributed by atoms with van der Waals surface area (Å²) < 4.78 is 1.67. The van der Waals surface area contributed by atoms with Crippen LogP contribution < -0.4 is 11.2 Å². The number of hydrogen-bond acceptors (Lipinski definition) is 6. The van der Waals surface area contributed by atoms with Crippen molar-refractivity contribution in [3.05, 3.63) is 127 Å². The van der Waals surface area contributed by atoms with Crippen LogP contribution in [0.3, 0.4) is 0 Å². The topological polar surface area (TPSA) is 124 Å². The SMILES string of the molecule is O=C(c1ccc([N+](=O)[O-])cc1)c1c(O)n(-c2ccccc2)c(=O)n(-c2ccccc2)c1=O. The zero-order chi connectivity index (χ0) is 22.8. The molecule has 9 nitrogen and oxygen atoms in total. The average molecular weight is 429 g/mol. The zero-order valence-corrected chi connectivity index (χ0v) is 16.4. The van der Waals surface area contributed by atoms with Crippen LogP contribution in [0.1, 0.15) is 15.9 Å². The second-order valence-corrected chi connectivity index (χ2v) is 6.76. The Morgan fingerprint density at radius 1 is 0.781 bits per heavy atom. The lowest BCUT2D eigenvalue weighted by Gasteiger charge is -2.15. The average Bonchev–Trinajstić information content (AvgIpc) is 2.80. The Bertz CT molecular complexity index is 1440. The van der Waals surface area contributed by atoms with Gasteiger partial charge in [0, 0.05) is 17.7 Å². The van der Waals surface area contributed by atoms with Crippen LogP contribution in [0, 0.1) is 10.1 Å². The van der Waals surface area contributed by atoms with Crippen molar-refractivity contribution in [1.82, 2.24) is 9.13 Å². The van der Waals surface area contributed by atoms with Crippen molar-refractivity contribution < 1.29 is 14.8 Å². The number of nitro benzene ring substituents is 1. The van der Waals surface area contributed by atoms with Crippen LogP contribution in [0.4, 0.5) is 5.69 Å². The molecule has 0 spiro atoms. The van der Waals surface area contributed by atoms with Crippen molar-refractivity contribution in [3.63, 3.8) is 0 Å². The molecule has 3 aromatic carbocycles. The van der Waals surface area contributed by atoms with Crippen molar-refractivity contribution in [1.29, 1.82) is 0 Å². The molecule has 0 fully saturated rings. The summed E-state index contributed by atoms with van der Waals surface area (Å²) >= 11 is 0. The molecule has 0 bridgehead atoms. The van der Waals surface area contributed by atoms with Crippen LogP contribution >= 0.6 is 0 Å². The van der Waals surface area contributed by atoms with Gasteiger partial charge in [0.25, 0.3) is 11.2 Å². The van der Waals surface area contributed by atoms with Crippen molar-refractivity contribution in [2.24, 2.45) is 0 Å². The molecule has 0 saturated heterocycles. The van der Waals surface area contributed by atoms with E-state index in [0.29, 0.717) is 0 Å². The Morgan fingerprint density at radius 2 is 1.28 bits per heavy atom. The second-order valence-electron chi connectivity index (χ2n) is 6.76. The van der Waals surface area contributed by atoms with E-state index < -0.39 is 33.4 Å². The summed E-state index contributed by atoms with van der Waals surface area (Å²) in [5, 5.41) is 21.8. The normalized spacial score (nSPS) is 10.6. The third-order valence-electron chi connectivity index (χ3n) is 4.83. The third kappa shape index (κ3) is 3.47. The first-order chi connectivity index (χ1) is 15.4. The molecule has 0 saturated carbocycles. The Labute approximate surface area is 180 Å². The highest BCUT2D eigenvalue weighted by Crippen LogP contribution is 2.22. The highest BCUT2D eigenvalue weighted by Gasteiger charge is 2.27. The fourth-order valence-electron chi connectivity index (χ4n) is 3.29. The van der Waals surface area contributed by atoms with Gasteiger partial charge < -0.3 is 5.11 Å². The van der Waals surface area contributed by atoms with Crippen LogP contribution in [0.25, 0.3) is 11.4 Å².